The number of aryl methyl sites for hydroxylation is 1. The molecule has 0 saturated heterocycles. The molecule has 0 fully saturated rings. The van der Waals surface area contributed by atoms with E-state index in [2.05, 4.69) is 65.3 Å². The normalized spacial score (nSPS) is 9.95. The highest BCUT2D eigenvalue weighted by Crippen LogP contribution is 2.31. The topological polar surface area (TPSA) is 3.24 Å². The summed E-state index contributed by atoms with van der Waals surface area (Å²) in [5.74, 6) is 0.571. The zero-order valence-corrected chi connectivity index (χ0v) is 14.1. The van der Waals surface area contributed by atoms with E-state index < -0.39 is 0 Å². The Labute approximate surface area is 120 Å². The van der Waals surface area contributed by atoms with Crippen LogP contribution in [-0.4, -0.2) is 7.05 Å². The lowest BCUT2D eigenvalue weighted by Gasteiger charge is -2.26. The molecule has 1 aromatic carbocycles. The molecule has 1 nitrogen and oxygen atoms in total. The SMILES string of the molecule is C=C(C)N(C)c1cc(C)cc(C(C)C)c1CC.CC. The van der Waals surface area contributed by atoms with Crippen molar-refractivity contribution in [3.05, 3.63) is 41.1 Å². The second kappa shape index (κ2) is 8.04. The van der Waals surface area contributed by atoms with Crippen LogP contribution < -0.4 is 4.90 Å². The fraction of sp³-hybridized carbons (Fsp3) is 0.556. The minimum absolute atomic E-state index is 0.571. The van der Waals surface area contributed by atoms with Gasteiger partial charge < -0.3 is 4.90 Å². The Bertz CT molecular complexity index is 416. The van der Waals surface area contributed by atoms with Crippen LogP contribution in [-0.2, 0) is 6.42 Å². The lowest BCUT2D eigenvalue weighted by molar-refractivity contribution is 0.839. The summed E-state index contributed by atoms with van der Waals surface area (Å²) >= 11 is 0. The van der Waals surface area contributed by atoms with Gasteiger partial charge in [-0.05, 0) is 48.9 Å². The van der Waals surface area contributed by atoms with Crippen LogP contribution in [0.15, 0.2) is 24.4 Å². The summed E-state index contributed by atoms with van der Waals surface area (Å²) in [5.41, 5.74) is 6.64. The molecule has 0 bridgehead atoms. The highest BCUT2D eigenvalue weighted by Gasteiger charge is 2.14. The number of allylic oxidation sites excluding steroid dienone is 1. The maximum absolute atomic E-state index is 4.04. The van der Waals surface area contributed by atoms with Crippen molar-refractivity contribution >= 4 is 5.69 Å². The van der Waals surface area contributed by atoms with E-state index in [-0.39, 0.29) is 0 Å². The Morgan fingerprint density at radius 3 is 2.16 bits per heavy atom. The van der Waals surface area contributed by atoms with Gasteiger partial charge in [0.15, 0.2) is 0 Å². The third kappa shape index (κ3) is 4.41. The number of benzene rings is 1. The average molecular weight is 261 g/mol. The molecule has 0 unspecified atom stereocenters. The fourth-order valence-electron chi connectivity index (χ4n) is 2.23. The van der Waals surface area contributed by atoms with Crippen molar-refractivity contribution < 1.29 is 0 Å². The lowest BCUT2D eigenvalue weighted by atomic mass is 9.92. The molecule has 0 heterocycles. The predicted molar refractivity (Wildman–Crippen MR) is 89.2 cm³/mol. The molecule has 0 amide bonds. The number of rotatable bonds is 4. The van der Waals surface area contributed by atoms with Gasteiger partial charge in [0, 0.05) is 18.4 Å². The van der Waals surface area contributed by atoms with Crippen molar-refractivity contribution in [2.24, 2.45) is 0 Å². The summed E-state index contributed by atoms with van der Waals surface area (Å²) in [5, 5.41) is 0. The van der Waals surface area contributed by atoms with Gasteiger partial charge in [-0.2, -0.15) is 0 Å². The number of anilines is 1. The van der Waals surface area contributed by atoms with E-state index in [0.717, 1.165) is 12.1 Å². The second-order valence-corrected chi connectivity index (χ2v) is 5.15. The Kier molecular flexibility index (Phi) is 7.51. The molecule has 1 heteroatoms. The number of hydrogen-bond donors (Lipinski definition) is 0. The first kappa shape index (κ1) is 17.8. The van der Waals surface area contributed by atoms with Gasteiger partial charge in [0.05, 0.1) is 0 Å². The van der Waals surface area contributed by atoms with Crippen LogP contribution in [0.5, 0.6) is 0 Å². The van der Waals surface area contributed by atoms with Crippen molar-refractivity contribution in [1.82, 2.24) is 0 Å². The molecule has 1 aromatic rings. The summed E-state index contributed by atoms with van der Waals surface area (Å²) in [6, 6.07) is 4.58. The van der Waals surface area contributed by atoms with Crippen LogP contribution in [0.3, 0.4) is 0 Å². The maximum atomic E-state index is 4.04. The van der Waals surface area contributed by atoms with Crippen molar-refractivity contribution in [2.45, 2.75) is 60.8 Å². The van der Waals surface area contributed by atoms with E-state index in [1.807, 2.05) is 13.8 Å². The van der Waals surface area contributed by atoms with Crippen molar-refractivity contribution in [3.63, 3.8) is 0 Å². The van der Waals surface area contributed by atoms with Crippen LogP contribution in [0.4, 0.5) is 5.69 Å². The molecule has 0 spiro atoms. The van der Waals surface area contributed by atoms with Gasteiger partial charge in [-0.3, -0.25) is 0 Å². The largest absolute Gasteiger partial charge is 0.349 e. The van der Waals surface area contributed by atoms with E-state index in [4.69, 9.17) is 0 Å². The van der Waals surface area contributed by atoms with E-state index in [0.29, 0.717) is 5.92 Å². The quantitative estimate of drug-likeness (QED) is 0.674. The van der Waals surface area contributed by atoms with Crippen molar-refractivity contribution in [2.75, 3.05) is 11.9 Å². The van der Waals surface area contributed by atoms with Gasteiger partial charge in [-0.1, -0.05) is 47.3 Å². The molecule has 0 atom stereocenters. The molecule has 0 N–H and O–H groups in total. The van der Waals surface area contributed by atoms with E-state index in [9.17, 15) is 0 Å². The first-order valence-electron chi connectivity index (χ1n) is 7.41. The molecule has 1 rings (SSSR count). The Hall–Kier alpha value is -1.24. The summed E-state index contributed by atoms with van der Waals surface area (Å²) in [4.78, 5) is 2.19. The molecule has 19 heavy (non-hydrogen) atoms. The molecule has 0 aliphatic heterocycles. The van der Waals surface area contributed by atoms with Crippen LogP contribution in [0.25, 0.3) is 0 Å². The molecule has 0 saturated carbocycles. The Balaban J connectivity index is 0.00000154. The van der Waals surface area contributed by atoms with Crippen LogP contribution in [0.2, 0.25) is 0 Å². The van der Waals surface area contributed by atoms with Gasteiger partial charge in [0.1, 0.15) is 0 Å². The summed E-state index contributed by atoms with van der Waals surface area (Å²) < 4.78 is 0. The van der Waals surface area contributed by atoms with E-state index >= 15 is 0 Å². The predicted octanol–water partition coefficient (Wildman–Crippen LogP) is 5.68. The molecular formula is C18H31N. The standard InChI is InChI=1S/C16H25N.C2H6/c1-8-14-15(11(2)3)9-13(6)10-16(14)17(7)12(4)5;1-2/h9-11H,4,8H2,1-3,5-7H3;1-2H3. The molecule has 0 aliphatic rings. The summed E-state index contributed by atoms with van der Waals surface area (Å²) in [6.07, 6.45) is 1.07. The first-order chi connectivity index (χ1) is 8.88. The Morgan fingerprint density at radius 1 is 1.26 bits per heavy atom. The molecule has 108 valence electrons. The monoisotopic (exact) mass is 261 g/mol. The van der Waals surface area contributed by atoms with Crippen molar-refractivity contribution in [1.29, 1.82) is 0 Å². The number of hydrogen-bond acceptors (Lipinski definition) is 1. The zero-order chi connectivity index (χ0) is 15.2. The van der Waals surface area contributed by atoms with Crippen LogP contribution in [0, 0.1) is 6.92 Å². The van der Waals surface area contributed by atoms with Crippen LogP contribution in [0.1, 0.15) is 64.2 Å². The van der Waals surface area contributed by atoms with Gasteiger partial charge >= 0.3 is 0 Å². The van der Waals surface area contributed by atoms with Gasteiger partial charge in [0.25, 0.3) is 0 Å². The highest BCUT2D eigenvalue weighted by molar-refractivity contribution is 5.61. The summed E-state index contributed by atoms with van der Waals surface area (Å²) in [7, 11) is 2.10. The van der Waals surface area contributed by atoms with E-state index in [1.54, 1.807) is 0 Å². The maximum Gasteiger partial charge on any atom is 0.0443 e. The zero-order valence-electron chi connectivity index (χ0n) is 14.1. The van der Waals surface area contributed by atoms with Gasteiger partial charge in [-0.25, -0.2) is 0 Å². The first-order valence-corrected chi connectivity index (χ1v) is 7.41. The van der Waals surface area contributed by atoms with Gasteiger partial charge in [-0.15, -0.1) is 0 Å². The lowest BCUT2D eigenvalue weighted by Crippen LogP contribution is -2.16. The molecule has 0 aromatic heterocycles. The molecular weight excluding hydrogens is 230 g/mol. The van der Waals surface area contributed by atoms with Gasteiger partial charge in [0.2, 0.25) is 0 Å². The van der Waals surface area contributed by atoms with Crippen LogP contribution >= 0.6 is 0 Å². The van der Waals surface area contributed by atoms with E-state index in [1.165, 1.54) is 22.4 Å². The molecule has 0 aliphatic carbocycles. The third-order valence-corrected chi connectivity index (χ3v) is 3.31. The minimum Gasteiger partial charge on any atom is -0.349 e. The fourth-order valence-corrected chi connectivity index (χ4v) is 2.23. The smallest absolute Gasteiger partial charge is 0.0443 e. The average Bonchev–Trinajstić information content (AvgIpc) is 2.38. The summed E-state index contributed by atoms with van der Waals surface area (Å²) in [6.45, 7) is 19.0. The number of nitrogens with zero attached hydrogens (tertiary/aromatic N) is 1. The third-order valence-electron chi connectivity index (χ3n) is 3.31. The second-order valence-electron chi connectivity index (χ2n) is 5.15. The van der Waals surface area contributed by atoms with Crippen molar-refractivity contribution in [3.8, 4) is 0 Å². The highest BCUT2D eigenvalue weighted by atomic mass is 15.1. The minimum atomic E-state index is 0.571. The molecule has 0 radical (unpaired) electrons. The Morgan fingerprint density at radius 2 is 1.79 bits per heavy atom.